The first-order chi connectivity index (χ1) is 10.1. The molecule has 2 N–H and O–H groups in total. The Labute approximate surface area is 126 Å². The van der Waals surface area contributed by atoms with Crippen molar-refractivity contribution in [3.63, 3.8) is 0 Å². The molecule has 0 spiro atoms. The van der Waals surface area contributed by atoms with Crippen molar-refractivity contribution in [2.75, 3.05) is 0 Å². The summed E-state index contributed by atoms with van der Waals surface area (Å²) < 4.78 is 6.13. The van der Waals surface area contributed by atoms with Gasteiger partial charge in [0.1, 0.15) is 11.9 Å². The van der Waals surface area contributed by atoms with Crippen LogP contribution in [-0.2, 0) is 6.42 Å². The second kappa shape index (κ2) is 5.90. The molecule has 0 fully saturated rings. The molecule has 21 heavy (non-hydrogen) atoms. The SMILES string of the molecule is CC(C)Cc1ccc(C2C[C@@H](N)c3ccccc3O2)cc1. The maximum absolute atomic E-state index is 6.29. The lowest BCUT2D eigenvalue weighted by Crippen LogP contribution is -2.24. The Morgan fingerprint density at radius 2 is 1.81 bits per heavy atom. The van der Waals surface area contributed by atoms with E-state index in [2.05, 4.69) is 44.2 Å². The minimum absolute atomic E-state index is 0.0512. The van der Waals surface area contributed by atoms with Crippen molar-refractivity contribution in [3.05, 3.63) is 65.2 Å². The first kappa shape index (κ1) is 14.2. The normalized spacial score (nSPS) is 21.0. The fourth-order valence-corrected chi connectivity index (χ4v) is 3.00. The molecule has 0 aromatic heterocycles. The number of ether oxygens (including phenoxy) is 1. The van der Waals surface area contributed by atoms with E-state index in [9.17, 15) is 0 Å². The maximum atomic E-state index is 6.29. The van der Waals surface area contributed by atoms with Crippen molar-refractivity contribution in [2.45, 2.75) is 38.8 Å². The summed E-state index contributed by atoms with van der Waals surface area (Å²) in [6, 6.07) is 16.9. The predicted octanol–water partition coefficient (Wildman–Crippen LogP) is 4.41. The summed E-state index contributed by atoms with van der Waals surface area (Å²) in [5, 5.41) is 0. The Morgan fingerprint density at radius 1 is 1.10 bits per heavy atom. The molecular weight excluding hydrogens is 258 g/mol. The highest BCUT2D eigenvalue weighted by atomic mass is 16.5. The summed E-state index contributed by atoms with van der Waals surface area (Å²) in [6.07, 6.45) is 2.01. The summed E-state index contributed by atoms with van der Waals surface area (Å²) in [7, 11) is 0. The van der Waals surface area contributed by atoms with Crippen LogP contribution in [0.4, 0.5) is 0 Å². The predicted molar refractivity (Wildman–Crippen MR) is 86.3 cm³/mol. The van der Waals surface area contributed by atoms with Gasteiger partial charge in [-0.3, -0.25) is 0 Å². The van der Waals surface area contributed by atoms with Gasteiger partial charge in [-0.2, -0.15) is 0 Å². The van der Waals surface area contributed by atoms with Crippen LogP contribution in [0.5, 0.6) is 5.75 Å². The molecule has 110 valence electrons. The highest BCUT2D eigenvalue weighted by molar-refractivity contribution is 5.39. The topological polar surface area (TPSA) is 35.2 Å². The van der Waals surface area contributed by atoms with Gasteiger partial charge in [0.05, 0.1) is 0 Å². The van der Waals surface area contributed by atoms with Gasteiger partial charge >= 0.3 is 0 Å². The van der Waals surface area contributed by atoms with Crippen LogP contribution in [0.15, 0.2) is 48.5 Å². The molecule has 1 unspecified atom stereocenters. The molecular formula is C19H23NO. The molecule has 2 nitrogen and oxygen atoms in total. The third kappa shape index (κ3) is 3.11. The summed E-state index contributed by atoms with van der Waals surface area (Å²) in [4.78, 5) is 0. The van der Waals surface area contributed by atoms with Gasteiger partial charge in [-0.1, -0.05) is 56.3 Å². The number of hydrogen-bond donors (Lipinski definition) is 1. The number of hydrogen-bond acceptors (Lipinski definition) is 2. The van der Waals surface area contributed by atoms with Gasteiger partial charge in [-0.25, -0.2) is 0 Å². The highest BCUT2D eigenvalue weighted by Crippen LogP contribution is 2.39. The summed E-state index contributed by atoms with van der Waals surface area (Å²) in [6.45, 7) is 4.49. The van der Waals surface area contributed by atoms with E-state index in [4.69, 9.17) is 10.5 Å². The van der Waals surface area contributed by atoms with Gasteiger partial charge in [0.25, 0.3) is 0 Å². The van der Waals surface area contributed by atoms with Crippen molar-refractivity contribution < 1.29 is 4.74 Å². The molecule has 0 bridgehead atoms. The molecule has 0 amide bonds. The Morgan fingerprint density at radius 3 is 2.52 bits per heavy atom. The third-order valence-electron chi connectivity index (χ3n) is 4.05. The fourth-order valence-electron chi connectivity index (χ4n) is 3.00. The molecule has 2 aromatic carbocycles. The Hall–Kier alpha value is -1.80. The Kier molecular flexibility index (Phi) is 3.98. The summed E-state index contributed by atoms with van der Waals surface area (Å²) >= 11 is 0. The van der Waals surface area contributed by atoms with Crippen LogP contribution in [0, 0.1) is 5.92 Å². The molecule has 2 atom stereocenters. The molecule has 2 aromatic rings. The van der Waals surface area contributed by atoms with E-state index in [1.165, 1.54) is 11.1 Å². The second-order valence-electron chi connectivity index (χ2n) is 6.33. The van der Waals surface area contributed by atoms with Gasteiger partial charge in [-0.05, 0) is 29.5 Å². The molecule has 3 rings (SSSR count). The molecule has 2 heteroatoms. The maximum Gasteiger partial charge on any atom is 0.126 e. The largest absolute Gasteiger partial charge is 0.485 e. The minimum atomic E-state index is 0.0512. The van der Waals surface area contributed by atoms with Crippen LogP contribution in [0.3, 0.4) is 0 Å². The van der Waals surface area contributed by atoms with Crippen LogP contribution >= 0.6 is 0 Å². The van der Waals surface area contributed by atoms with E-state index in [1.807, 2.05) is 18.2 Å². The lowest BCUT2D eigenvalue weighted by atomic mass is 9.92. The number of rotatable bonds is 3. The summed E-state index contributed by atoms with van der Waals surface area (Å²) in [5.74, 6) is 1.61. The van der Waals surface area contributed by atoms with Gasteiger partial charge in [-0.15, -0.1) is 0 Å². The van der Waals surface area contributed by atoms with E-state index in [-0.39, 0.29) is 12.1 Å². The van der Waals surface area contributed by atoms with Gasteiger partial charge in [0, 0.05) is 18.0 Å². The fraction of sp³-hybridized carbons (Fsp3) is 0.368. The molecule has 0 saturated heterocycles. The lowest BCUT2D eigenvalue weighted by Gasteiger charge is -2.30. The van der Waals surface area contributed by atoms with Crippen LogP contribution in [-0.4, -0.2) is 0 Å². The van der Waals surface area contributed by atoms with Gasteiger partial charge in [0.15, 0.2) is 0 Å². The van der Waals surface area contributed by atoms with Crippen molar-refractivity contribution in [1.29, 1.82) is 0 Å². The molecule has 0 aliphatic carbocycles. The van der Waals surface area contributed by atoms with E-state index in [1.54, 1.807) is 0 Å². The molecule has 1 heterocycles. The van der Waals surface area contributed by atoms with Gasteiger partial charge < -0.3 is 10.5 Å². The lowest BCUT2D eigenvalue weighted by molar-refractivity contribution is 0.161. The standard InChI is InChI=1S/C19H23NO/c1-13(2)11-14-7-9-15(10-8-14)19-12-17(20)16-5-3-4-6-18(16)21-19/h3-10,13,17,19H,11-12,20H2,1-2H3/t17-,19?/m1/s1. The van der Waals surface area contributed by atoms with Crippen molar-refractivity contribution >= 4 is 0 Å². The van der Waals surface area contributed by atoms with Crippen LogP contribution in [0.1, 0.15) is 49.1 Å². The second-order valence-corrected chi connectivity index (χ2v) is 6.33. The van der Waals surface area contributed by atoms with E-state index in [0.717, 1.165) is 24.2 Å². The molecule has 1 aliphatic heterocycles. The third-order valence-corrected chi connectivity index (χ3v) is 4.05. The highest BCUT2D eigenvalue weighted by Gasteiger charge is 2.26. The van der Waals surface area contributed by atoms with E-state index >= 15 is 0 Å². The van der Waals surface area contributed by atoms with Gasteiger partial charge in [0.2, 0.25) is 0 Å². The number of benzene rings is 2. The monoisotopic (exact) mass is 281 g/mol. The van der Waals surface area contributed by atoms with E-state index < -0.39 is 0 Å². The number of fused-ring (bicyclic) bond motifs is 1. The van der Waals surface area contributed by atoms with Crippen LogP contribution in [0.2, 0.25) is 0 Å². The molecule has 1 aliphatic rings. The van der Waals surface area contributed by atoms with Crippen molar-refractivity contribution in [2.24, 2.45) is 11.7 Å². The summed E-state index contributed by atoms with van der Waals surface area (Å²) in [5.41, 5.74) is 10.0. The zero-order valence-electron chi connectivity index (χ0n) is 12.8. The minimum Gasteiger partial charge on any atom is -0.485 e. The first-order valence-corrected chi connectivity index (χ1v) is 7.73. The Balaban J connectivity index is 1.79. The smallest absolute Gasteiger partial charge is 0.126 e. The first-order valence-electron chi connectivity index (χ1n) is 7.73. The zero-order chi connectivity index (χ0) is 14.8. The number of nitrogens with two attached hydrogens (primary N) is 1. The number of para-hydroxylation sites is 1. The van der Waals surface area contributed by atoms with Crippen LogP contribution in [0.25, 0.3) is 0 Å². The van der Waals surface area contributed by atoms with E-state index in [0.29, 0.717) is 5.92 Å². The molecule has 0 radical (unpaired) electrons. The zero-order valence-corrected chi connectivity index (χ0v) is 12.8. The average molecular weight is 281 g/mol. The quantitative estimate of drug-likeness (QED) is 0.904. The Bertz CT molecular complexity index is 603. The van der Waals surface area contributed by atoms with Crippen LogP contribution < -0.4 is 10.5 Å². The van der Waals surface area contributed by atoms with Crippen molar-refractivity contribution in [1.82, 2.24) is 0 Å². The molecule has 0 saturated carbocycles. The van der Waals surface area contributed by atoms with Crippen molar-refractivity contribution in [3.8, 4) is 5.75 Å². The average Bonchev–Trinajstić information content (AvgIpc) is 2.47.